The second kappa shape index (κ2) is 7.51. The molecule has 4 nitrogen and oxygen atoms in total. The molecular weight excluding hydrogens is 190 g/mol. The number of hydrogen-bond donors (Lipinski definition) is 1. The monoisotopic (exact) mass is 215 g/mol. The number of nitrogens with two attached hydrogens (primary N) is 1. The Morgan fingerprint density at radius 3 is 2.13 bits per heavy atom. The zero-order valence-corrected chi connectivity index (χ0v) is 10.5. The first-order valence-electron chi connectivity index (χ1n) is 5.84. The van der Waals surface area contributed by atoms with E-state index in [4.69, 9.17) is 5.73 Å². The molecule has 15 heavy (non-hydrogen) atoms. The molecule has 0 aliphatic carbocycles. The number of carbonyl (C=O) groups excluding carboxylic acids is 1. The van der Waals surface area contributed by atoms with Crippen LogP contribution in [0.3, 0.4) is 0 Å². The highest BCUT2D eigenvalue weighted by molar-refractivity contribution is 5.74. The summed E-state index contributed by atoms with van der Waals surface area (Å²) in [6.07, 6.45) is 0.866. The Morgan fingerprint density at radius 2 is 1.80 bits per heavy atom. The van der Waals surface area contributed by atoms with E-state index in [-0.39, 0.29) is 12.1 Å². The van der Waals surface area contributed by atoms with Gasteiger partial charge in [0.25, 0.3) is 0 Å². The quantitative estimate of drug-likeness (QED) is 0.730. The summed E-state index contributed by atoms with van der Waals surface area (Å²) in [5, 5.41) is 0. The zero-order valence-electron chi connectivity index (χ0n) is 10.5. The van der Waals surface area contributed by atoms with Crippen LogP contribution in [0.2, 0.25) is 0 Å². The summed E-state index contributed by atoms with van der Waals surface area (Å²) < 4.78 is 0. The molecule has 0 bridgehead atoms. The summed E-state index contributed by atoms with van der Waals surface area (Å²) in [5.74, 6) is 0. The Balaban J connectivity index is 4.39. The second-order valence-corrected chi connectivity index (χ2v) is 3.88. The molecular formula is C11H25N3O. The van der Waals surface area contributed by atoms with Gasteiger partial charge in [-0.2, -0.15) is 0 Å². The fourth-order valence-corrected chi connectivity index (χ4v) is 1.51. The molecule has 0 heterocycles. The van der Waals surface area contributed by atoms with Crippen molar-refractivity contribution < 1.29 is 4.79 Å². The van der Waals surface area contributed by atoms with Crippen molar-refractivity contribution in [2.45, 2.75) is 40.2 Å². The van der Waals surface area contributed by atoms with Crippen molar-refractivity contribution in [3.63, 3.8) is 0 Å². The van der Waals surface area contributed by atoms with Crippen LogP contribution in [0.5, 0.6) is 0 Å². The first-order chi connectivity index (χ1) is 7.08. The summed E-state index contributed by atoms with van der Waals surface area (Å²) in [5.41, 5.74) is 5.47. The van der Waals surface area contributed by atoms with Crippen molar-refractivity contribution in [2.24, 2.45) is 5.73 Å². The number of carbonyl (C=O) groups is 1. The van der Waals surface area contributed by atoms with E-state index >= 15 is 0 Å². The van der Waals surface area contributed by atoms with Crippen LogP contribution in [0.4, 0.5) is 4.79 Å². The minimum absolute atomic E-state index is 0.128. The highest BCUT2D eigenvalue weighted by atomic mass is 16.2. The van der Waals surface area contributed by atoms with Crippen LogP contribution in [-0.2, 0) is 0 Å². The van der Waals surface area contributed by atoms with E-state index in [1.54, 1.807) is 0 Å². The molecule has 0 unspecified atom stereocenters. The van der Waals surface area contributed by atoms with E-state index < -0.39 is 0 Å². The van der Waals surface area contributed by atoms with Gasteiger partial charge in [-0.05, 0) is 40.7 Å². The fraction of sp³-hybridized carbons (Fsp3) is 0.909. The van der Waals surface area contributed by atoms with Gasteiger partial charge in [-0.3, -0.25) is 0 Å². The van der Waals surface area contributed by atoms with E-state index in [0.29, 0.717) is 6.54 Å². The van der Waals surface area contributed by atoms with Gasteiger partial charge in [0.1, 0.15) is 0 Å². The maximum absolute atomic E-state index is 12.1. The Kier molecular flexibility index (Phi) is 7.13. The molecule has 0 saturated heterocycles. The lowest BCUT2D eigenvalue weighted by molar-refractivity contribution is 0.144. The fourth-order valence-electron chi connectivity index (χ4n) is 1.51. The third-order valence-corrected chi connectivity index (χ3v) is 2.51. The summed E-state index contributed by atoms with van der Waals surface area (Å²) in [7, 11) is 0. The van der Waals surface area contributed by atoms with Crippen LogP contribution in [-0.4, -0.2) is 48.1 Å². The molecule has 0 spiro atoms. The molecule has 0 rings (SSSR count). The van der Waals surface area contributed by atoms with Gasteiger partial charge in [-0.15, -0.1) is 0 Å². The Bertz CT molecular complexity index is 179. The summed E-state index contributed by atoms with van der Waals surface area (Å²) in [6, 6.07) is 0.369. The summed E-state index contributed by atoms with van der Waals surface area (Å²) in [6.45, 7) is 11.0. The van der Waals surface area contributed by atoms with Crippen molar-refractivity contribution in [3.05, 3.63) is 0 Å². The minimum atomic E-state index is 0.128. The minimum Gasteiger partial charge on any atom is -0.330 e. The number of amides is 2. The molecule has 0 fully saturated rings. The van der Waals surface area contributed by atoms with Crippen LogP contribution in [0, 0.1) is 0 Å². The number of rotatable bonds is 6. The molecule has 0 aromatic rings. The third kappa shape index (κ3) is 4.51. The van der Waals surface area contributed by atoms with Gasteiger partial charge in [0.15, 0.2) is 0 Å². The van der Waals surface area contributed by atoms with Gasteiger partial charge in [0.05, 0.1) is 0 Å². The Morgan fingerprint density at radius 1 is 1.27 bits per heavy atom. The smallest absolute Gasteiger partial charge is 0.320 e. The van der Waals surface area contributed by atoms with E-state index in [1.165, 1.54) is 0 Å². The van der Waals surface area contributed by atoms with Crippen molar-refractivity contribution in [1.82, 2.24) is 9.80 Å². The van der Waals surface area contributed by atoms with E-state index in [0.717, 1.165) is 26.1 Å². The Hall–Kier alpha value is -0.770. The van der Waals surface area contributed by atoms with Crippen LogP contribution in [0.25, 0.3) is 0 Å². The third-order valence-electron chi connectivity index (χ3n) is 2.51. The maximum Gasteiger partial charge on any atom is 0.320 e. The molecule has 0 radical (unpaired) electrons. The second-order valence-electron chi connectivity index (χ2n) is 3.88. The van der Waals surface area contributed by atoms with Crippen LogP contribution < -0.4 is 5.73 Å². The molecule has 0 saturated carbocycles. The average Bonchev–Trinajstić information content (AvgIpc) is 2.19. The molecule has 0 aromatic carbocycles. The lowest BCUT2D eigenvalue weighted by atomic mass is 10.3. The summed E-state index contributed by atoms with van der Waals surface area (Å²) in [4.78, 5) is 15.8. The highest BCUT2D eigenvalue weighted by Gasteiger charge is 2.20. The molecule has 90 valence electrons. The van der Waals surface area contributed by atoms with Crippen LogP contribution in [0.1, 0.15) is 34.1 Å². The van der Waals surface area contributed by atoms with Crippen molar-refractivity contribution in [3.8, 4) is 0 Å². The molecule has 0 aliphatic rings. The molecule has 0 atom stereocenters. The lowest BCUT2D eigenvalue weighted by Crippen LogP contribution is -2.47. The molecule has 4 heteroatoms. The van der Waals surface area contributed by atoms with Crippen molar-refractivity contribution >= 4 is 6.03 Å². The van der Waals surface area contributed by atoms with Gasteiger partial charge in [-0.1, -0.05) is 0 Å². The van der Waals surface area contributed by atoms with Gasteiger partial charge in [0, 0.05) is 25.7 Å². The molecule has 0 aromatic heterocycles. The van der Waals surface area contributed by atoms with Crippen LogP contribution >= 0.6 is 0 Å². The summed E-state index contributed by atoms with van der Waals surface area (Å²) >= 11 is 0. The average molecular weight is 215 g/mol. The normalized spacial score (nSPS) is 10.5. The van der Waals surface area contributed by atoms with E-state index in [2.05, 4.69) is 0 Å². The maximum atomic E-state index is 12.1. The molecule has 2 N–H and O–H groups in total. The lowest BCUT2D eigenvalue weighted by Gasteiger charge is -2.32. The van der Waals surface area contributed by atoms with Crippen molar-refractivity contribution in [2.75, 3.05) is 26.2 Å². The first-order valence-corrected chi connectivity index (χ1v) is 5.84. The predicted molar refractivity (Wildman–Crippen MR) is 63.8 cm³/mol. The first kappa shape index (κ1) is 14.2. The predicted octanol–water partition coefficient (Wildman–Crippen LogP) is 1.51. The molecule has 0 aliphatic heterocycles. The molecule has 2 amide bonds. The topological polar surface area (TPSA) is 49.6 Å². The van der Waals surface area contributed by atoms with Gasteiger partial charge in [-0.25, -0.2) is 4.79 Å². The largest absolute Gasteiger partial charge is 0.330 e. The Labute approximate surface area is 93.4 Å². The number of nitrogens with zero attached hydrogens (tertiary/aromatic N) is 2. The number of hydrogen-bond acceptors (Lipinski definition) is 2. The van der Waals surface area contributed by atoms with Gasteiger partial charge in [0.2, 0.25) is 0 Å². The van der Waals surface area contributed by atoms with Gasteiger partial charge < -0.3 is 15.5 Å². The highest BCUT2D eigenvalue weighted by Crippen LogP contribution is 2.05. The van der Waals surface area contributed by atoms with E-state index in [9.17, 15) is 4.79 Å². The standard InChI is InChI=1S/C11H25N3O/c1-5-13(6-2)11(15)14(10(3)4)9-7-8-12/h10H,5-9,12H2,1-4H3. The van der Waals surface area contributed by atoms with E-state index in [1.807, 2.05) is 37.5 Å². The van der Waals surface area contributed by atoms with Gasteiger partial charge >= 0.3 is 6.03 Å². The number of urea groups is 1. The van der Waals surface area contributed by atoms with Crippen LogP contribution in [0.15, 0.2) is 0 Å². The SMILES string of the molecule is CCN(CC)C(=O)N(CCCN)C(C)C. The van der Waals surface area contributed by atoms with Crippen molar-refractivity contribution in [1.29, 1.82) is 0 Å². The zero-order chi connectivity index (χ0) is 11.8.